The summed E-state index contributed by atoms with van der Waals surface area (Å²) in [7, 11) is -3.67. The van der Waals surface area contributed by atoms with Crippen LogP contribution in [-0.4, -0.2) is 52.9 Å². The summed E-state index contributed by atoms with van der Waals surface area (Å²) in [5, 5.41) is -0.179. The molecule has 2 aromatic heterocycles. The Morgan fingerprint density at radius 2 is 1.91 bits per heavy atom. The van der Waals surface area contributed by atoms with E-state index < -0.39 is 33.2 Å². The molecule has 6 rings (SSSR count). The second-order valence-corrected chi connectivity index (χ2v) is 12.0. The number of carbonyl (C=O) groups excluding carboxylic acids is 1. The number of hydrogen-bond donors (Lipinski definition) is 3. The van der Waals surface area contributed by atoms with Gasteiger partial charge in [0.1, 0.15) is 17.2 Å². The smallest absolute Gasteiger partial charge is 0.343 e. The van der Waals surface area contributed by atoms with Gasteiger partial charge in [-0.15, -0.1) is 0 Å². The first-order valence-corrected chi connectivity index (χ1v) is 15.5. The van der Waals surface area contributed by atoms with Gasteiger partial charge in [-0.2, -0.15) is 13.4 Å². The molecule has 12 nitrogen and oxygen atoms in total. The van der Waals surface area contributed by atoms with Crippen LogP contribution in [0.5, 0.6) is 0 Å². The Kier molecular flexibility index (Phi) is 8.27. The number of fused-ring (bicyclic) bond motifs is 2. The van der Waals surface area contributed by atoms with Crippen molar-refractivity contribution >= 4 is 44.4 Å². The van der Waals surface area contributed by atoms with Gasteiger partial charge in [-0.05, 0) is 55.5 Å². The molecule has 0 bridgehead atoms. The quantitative estimate of drug-likeness (QED) is 0.210. The fraction of sp³-hybridized carbons (Fsp3) is 0.310. The molecule has 2 aliphatic rings. The maximum atomic E-state index is 16.2. The van der Waals surface area contributed by atoms with Gasteiger partial charge in [-0.1, -0.05) is 6.07 Å². The molecule has 232 valence electrons. The minimum absolute atomic E-state index is 0.00657. The van der Waals surface area contributed by atoms with Crippen molar-refractivity contribution in [2.45, 2.75) is 38.8 Å². The number of pyridine rings is 1. The van der Waals surface area contributed by atoms with Crippen molar-refractivity contribution in [3.8, 4) is 11.1 Å². The zero-order valence-electron chi connectivity index (χ0n) is 23.9. The number of halogens is 2. The molecular weight excluding hydrogens is 598 g/mol. The van der Waals surface area contributed by atoms with E-state index in [0.717, 1.165) is 35.7 Å². The van der Waals surface area contributed by atoms with Crippen LogP contribution in [0.1, 0.15) is 47.3 Å². The summed E-state index contributed by atoms with van der Waals surface area (Å²) >= 11 is 0. The first-order valence-electron chi connectivity index (χ1n) is 13.7. The maximum Gasteiger partial charge on any atom is 0.343 e. The van der Waals surface area contributed by atoms with Crippen molar-refractivity contribution in [2.24, 2.45) is 0 Å². The third kappa shape index (κ3) is 6.33. The van der Waals surface area contributed by atoms with Gasteiger partial charge in [0.2, 0.25) is 11.4 Å². The van der Waals surface area contributed by atoms with Gasteiger partial charge in [-0.3, -0.25) is 9.35 Å². The lowest BCUT2D eigenvalue weighted by Gasteiger charge is -2.20. The van der Waals surface area contributed by atoms with Crippen molar-refractivity contribution in [1.29, 1.82) is 0 Å². The highest BCUT2D eigenvalue weighted by Crippen LogP contribution is 2.41. The maximum absolute atomic E-state index is 16.2. The monoisotopic (exact) mass is 628 g/mol. The van der Waals surface area contributed by atoms with E-state index in [0.29, 0.717) is 37.1 Å². The molecule has 0 unspecified atom stereocenters. The van der Waals surface area contributed by atoms with Crippen LogP contribution in [0, 0.1) is 11.6 Å². The number of nitrogens with two attached hydrogens (primary N) is 2. The summed E-state index contributed by atoms with van der Waals surface area (Å²) in [6.45, 7) is 2.86. The molecule has 1 saturated carbocycles. The van der Waals surface area contributed by atoms with Crippen LogP contribution in [-0.2, 0) is 27.8 Å². The Labute approximate surface area is 251 Å². The highest BCUT2D eigenvalue weighted by Gasteiger charge is 2.31. The highest BCUT2D eigenvalue weighted by atomic mass is 32.2. The Bertz CT molecular complexity index is 1950. The normalized spacial score (nSPS) is 14.2. The van der Waals surface area contributed by atoms with Gasteiger partial charge in [-0.25, -0.2) is 18.6 Å². The summed E-state index contributed by atoms with van der Waals surface area (Å²) in [6, 6.07) is 6.22. The molecule has 4 aromatic rings. The van der Waals surface area contributed by atoms with Gasteiger partial charge >= 0.3 is 5.97 Å². The van der Waals surface area contributed by atoms with E-state index in [9.17, 15) is 18.0 Å². The highest BCUT2D eigenvalue weighted by molar-refractivity contribution is 7.85. The molecule has 0 spiro atoms. The van der Waals surface area contributed by atoms with Gasteiger partial charge < -0.3 is 25.7 Å². The number of hydrogen-bond acceptors (Lipinski definition) is 10. The molecule has 44 heavy (non-hydrogen) atoms. The molecule has 0 atom stereocenters. The van der Waals surface area contributed by atoms with Gasteiger partial charge in [0.25, 0.3) is 10.1 Å². The topological polar surface area (TPSA) is 184 Å². The zero-order chi connectivity index (χ0) is 31.9. The van der Waals surface area contributed by atoms with Gasteiger partial charge in [0, 0.05) is 42.8 Å². The fourth-order valence-electron chi connectivity index (χ4n) is 5.25. The standard InChI is InChI=1S/C28H26F2N6O3.CH4O3S/c1-2-39-27(38)19-13-36(17-4-5-17)24-18(25(19)37)10-20(29)22(23(24)30)15-3-6-21-14(9-15)7-8-35(21)12-16-11-33-28(32)34-26(16)31;1-5(2,3)4/h3,6,9-11,13,17H,2,4-5,7-8,12H2,1H3,(H4,31,32,33,34);1H3,(H,2,3,4). The lowest BCUT2D eigenvalue weighted by molar-refractivity contribution is 0.0524. The molecule has 1 aliphatic heterocycles. The van der Waals surface area contributed by atoms with Crippen LogP contribution < -0.4 is 21.8 Å². The third-order valence-corrected chi connectivity index (χ3v) is 7.28. The molecule has 0 radical (unpaired) electrons. The van der Waals surface area contributed by atoms with E-state index in [1.54, 1.807) is 29.8 Å². The predicted octanol–water partition coefficient (Wildman–Crippen LogP) is 3.48. The second-order valence-electron chi connectivity index (χ2n) is 10.6. The first kappa shape index (κ1) is 30.8. The lowest BCUT2D eigenvalue weighted by atomic mass is 9.98. The Hall–Kier alpha value is -4.63. The third-order valence-electron chi connectivity index (χ3n) is 7.28. The number of aromatic nitrogens is 3. The number of carbonyl (C=O) groups is 1. The summed E-state index contributed by atoms with van der Waals surface area (Å²) in [6.07, 6.45) is 5.86. The van der Waals surface area contributed by atoms with Gasteiger partial charge in [0.05, 0.1) is 29.3 Å². The van der Waals surface area contributed by atoms with Crippen LogP contribution in [0.3, 0.4) is 0 Å². The number of nitrogens with zero attached hydrogens (tertiary/aromatic N) is 4. The Balaban J connectivity index is 0.000000712. The van der Waals surface area contributed by atoms with Crippen molar-refractivity contribution in [1.82, 2.24) is 14.5 Å². The Morgan fingerprint density at radius 3 is 2.55 bits per heavy atom. The number of rotatable bonds is 6. The van der Waals surface area contributed by atoms with E-state index in [1.165, 1.54) is 6.20 Å². The minimum Gasteiger partial charge on any atom is -0.462 e. The summed E-state index contributed by atoms with van der Waals surface area (Å²) < 4.78 is 64.1. The van der Waals surface area contributed by atoms with E-state index >= 15 is 8.78 Å². The van der Waals surface area contributed by atoms with E-state index in [1.807, 2.05) is 6.07 Å². The minimum atomic E-state index is -3.67. The van der Waals surface area contributed by atoms with Crippen molar-refractivity contribution < 1.29 is 31.3 Å². The summed E-state index contributed by atoms with van der Waals surface area (Å²) in [4.78, 5) is 35.6. The SMILES string of the molecule is CCOC(=O)c1cn(C2CC2)c2c(F)c(-c3ccc4c(c3)CCN4Cc3cnc(N)nc3N)c(F)cc2c1=O.CS(=O)(=O)O. The lowest BCUT2D eigenvalue weighted by Crippen LogP contribution is -2.22. The average Bonchev–Trinajstić information content (AvgIpc) is 3.71. The molecule has 0 amide bonds. The molecule has 2 aromatic carbocycles. The number of anilines is 3. The molecule has 0 saturated heterocycles. The van der Waals surface area contributed by atoms with E-state index in [-0.39, 0.29) is 40.6 Å². The van der Waals surface area contributed by atoms with Gasteiger partial charge in [0.15, 0.2) is 5.82 Å². The number of benzene rings is 2. The van der Waals surface area contributed by atoms with Crippen LogP contribution in [0.4, 0.5) is 26.2 Å². The molecule has 1 aliphatic carbocycles. The molecule has 5 N–H and O–H groups in total. The number of ether oxygens (including phenoxy) is 1. The van der Waals surface area contributed by atoms with Crippen molar-refractivity contribution in [3.05, 3.63) is 75.2 Å². The van der Waals surface area contributed by atoms with Crippen LogP contribution in [0.15, 0.2) is 41.5 Å². The van der Waals surface area contributed by atoms with Crippen LogP contribution in [0.2, 0.25) is 0 Å². The van der Waals surface area contributed by atoms with E-state index in [4.69, 9.17) is 20.8 Å². The largest absolute Gasteiger partial charge is 0.462 e. The summed E-state index contributed by atoms with van der Waals surface area (Å²) in [5.74, 6) is -2.10. The second kappa shape index (κ2) is 11.8. The molecule has 3 heterocycles. The number of esters is 1. The van der Waals surface area contributed by atoms with E-state index in [2.05, 4.69) is 14.9 Å². The average molecular weight is 629 g/mol. The predicted molar refractivity (Wildman–Crippen MR) is 161 cm³/mol. The molecule has 15 heteroatoms. The Morgan fingerprint density at radius 1 is 1.20 bits per heavy atom. The van der Waals surface area contributed by atoms with Crippen LogP contribution in [0.25, 0.3) is 22.0 Å². The van der Waals surface area contributed by atoms with Crippen molar-refractivity contribution in [3.63, 3.8) is 0 Å². The summed E-state index contributed by atoms with van der Waals surface area (Å²) in [5.41, 5.74) is 13.3. The van der Waals surface area contributed by atoms with Crippen LogP contribution >= 0.6 is 0 Å². The van der Waals surface area contributed by atoms with Crippen molar-refractivity contribution in [2.75, 3.05) is 35.8 Å². The molecule has 1 fully saturated rings. The zero-order valence-corrected chi connectivity index (χ0v) is 24.7. The fourth-order valence-corrected chi connectivity index (χ4v) is 5.25. The first-order chi connectivity index (χ1) is 20.8. The molecular formula is C29H30F2N6O6S. The number of nitrogen functional groups attached to an aromatic ring is 2.